The number of rotatable bonds is 38. The molecule has 0 aromatic rings. The maximum absolute atomic E-state index is 12.6. The van der Waals surface area contributed by atoms with Gasteiger partial charge in [0, 0.05) is 12.8 Å². The fraction of sp³-hybridized carbons (Fsp3) is 0.951. The van der Waals surface area contributed by atoms with Gasteiger partial charge in [-0.05, 0) is 18.8 Å². The second-order valence-corrected chi connectivity index (χ2v) is 17.5. The molecule has 0 aromatic carbocycles. The van der Waals surface area contributed by atoms with E-state index in [0.29, 0.717) is 23.9 Å². The van der Waals surface area contributed by atoms with Crippen LogP contribution in [0.1, 0.15) is 194 Å². The van der Waals surface area contributed by atoms with Crippen molar-refractivity contribution in [3.63, 3.8) is 0 Å². The van der Waals surface area contributed by atoms with Crippen LogP contribution in [0.2, 0.25) is 0 Å². The SMILES string of the molecule is CCCCCCCCCCCCCCCC(=O)O[C@H](COC(=O)CCCCCCCC[C@@H](C)CCCCCC)COP(=O)(O)OCC[N+](C)(C)C. The normalized spacial score (nSPS) is 14.3. The molecule has 0 radical (unpaired) electrons. The number of nitrogens with zero attached hydrogens (tertiary/aromatic N) is 1. The van der Waals surface area contributed by atoms with E-state index in [9.17, 15) is 19.0 Å². The van der Waals surface area contributed by atoms with E-state index in [-0.39, 0.29) is 25.6 Å². The zero-order chi connectivity index (χ0) is 38.1. The van der Waals surface area contributed by atoms with Crippen molar-refractivity contribution in [1.82, 2.24) is 0 Å². The molecule has 304 valence electrons. The Morgan fingerprint density at radius 1 is 0.588 bits per heavy atom. The number of ether oxygens (including phenoxy) is 2. The van der Waals surface area contributed by atoms with Crippen LogP contribution in [0.25, 0.3) is 0 Å². The van der Waals surface area contributed by atoms with Gasteiger partial charge in [-0.25, -0.2) is 4.57 Å². The van der Waals surface area contributed by atoms with E-state index in [1.165, 1.54) is 122 Å². The molecule has 0 amide bonds. The Kier molecular flexibility index (Phi) is 32.9. The molecule has 0 bridgehead atoms. The third kappa shape index (κ3) is 37.1. The minimum Gasteiger partial charge on any atom is -0.462 e. The lowest BCUT2D eigenvalue weighted by molar-refractivity contribution is -0.870. The van der Waals surface area contributed by atoms with Crippen LogP contribution in [-0.2, 0) is 32.7 Å². The monoisotopic (exact) mass is 749 g/mol. The van der Waals surface area contributed by atoms with Gasteiger partial charge in [0.1, 0.15) is 19.8 Å². The highest BCUT2D eigenvalue weighted by atomic mass is 31.2. The maximum Gasteiger partial charge on any atom is 0.472 e. The van der Waals surface area contributed by atoms with Crippen LogP contribution in [0.4, 0.5) is 0 Å². The molecular weight excluding hydrogens is 665 g/mol. The quantitative estimate of drug-likeness (QED) is 0.0288. The molecule has 0 aliphatic carbocycles. The smallest absolute Gasteiger partial charge is 0.462 e. The lowest BCUT2D eigenvalue weighted by Gasteiger charge is -2.24. The highest BCUT2D eigenvalue weighted by Crippen LogP contribution is 2.43. The number of phosphoric acid groups is 1. The zero-order valence-corrected chi connectivity index (χ0v) is 35.2. The molecule has 3 atom stereocenters. The van der Waals surface area contributed by atoms with Gasteiger partial charge in [-0.3, -0.25) is 18.6 Å². The van der Waals surface area contributed by atoms with Gasteiger partial charge in [-0.15, -0.1) is 0 Å². The van der Waals surface area contributed by atoms with Crippen LogP contribution in [0, 0.1) is 5.92 Å². The first-order chi connectivity index (χ1) is 24.4. The highest BCUT2D eigenvalue weighted by Gasteiger charge is 2.27. The van der Waals surface area contributed by atoms with Crippen molar-refractivity contribution >= 4 is 19.8 Å². The molecule has 0 fully saturated rings. The van der Waals surface area contributed by atoms with E-state index in [4.69, 9.17) is 18.5 Å². The van der Waals surface area contributed by atoms with Gasteiger partial charge in [-0.1, -0.05) is 168 Å². The molecular formula is C41H83NO8P+. The molecule has 10 heteroatoms. The number of quaternary nitrogens is 1. The summed E-state index contributed by atoms with van der Waals surface area (Å²) in [6.45, 7) is 6.81. The Balaban J connectivity index is 4.41. The Bertz CT molecular complexity index is 865. The predicted molar refractivity (Wildman–Crippen MR) is 211 cm³/mol. The van der Waals surface area contributed by atoms with E-state index in [1.807, 2.05) is 21.1 Å². The van der Waals surface area contributed by atoms with E-state index in [1.54, 1.807) is 0 Å². The molecule has 1 N–H and O–H groups in total. The number of hydrogen-bond donors (Lipinski definition) is 1. The van der Waals surface area contributed by atoms with E-state index in [0.717, 1.165) is 38.0 Å². The molecule has 0 aliphatic rings. The largest absolute Gasteiger partial charge is 0.472 e. The third-order valence-corrected chi connectivity index (χ3v) is 10.5. The third-order valence-electron chi connectivity index (χ3n) is 9.53. The summed E-state index contributed by atoms with van der Waals surface area (Å²) >= 11 is 0. The minimum atomic E-state index is -4.36. The summed E-state index contributed by atoms with van der Waals surface area (Å²) in [4.78, 5) is 35.3. The number of likely N-dealkylation sites (N-methyl/N-ethyl adjacent to an activating group) is 1. The first-order valence-electron chi connectivity index (χ1n) is 21.2. The number of unbranched alkanes of at least 4 members (excludes halogenated alkanes) is 20. The van der Waals surface area contributed by atoms with Gasteiger partial charge in [0.15, 0.2) is 6.10 Å². The van der Waals surface area contributed by atoms with Gasteiger partial charge < -0.3 is 18.9 Å². The second-order valence-electron chi connectivity index (χ2n) is 16.0. The Morgan fingerprint density at radius 3 is 1.47 bits per heavy atom. The fourth-order valence-electron chi connectivity index (χ4n) is 6.08. The summed E-state index contributed by atoms with van der Waals surface area (Å²) in [6, 6.07) is 0. The summed E-state index contributed by atoms with van der Waals surface area (Å²) in [5, 5.41) is 0. The minimum absolute atomic E-state index is 0.0357. The van der Waals surface area contributed by atoms with Crippen molar-refractivity contribution in [2.45, 2.75) is 200 Å². The van der Waals surface area contributed by atoms with Crippen LogP contribution in [0.3, 0.4) is 0 Å². The van der Waals surface area contributed by atoms with Crippen molar-refractivity contribution in [1.29, 1.82) is 0 Å². The van der Waals surface area contributed by atoms with Crippen LogP contribution in [0.15, 0.2) is 0 Å². The lowest BCUT2D eigenvalue weighted by atomic mass is 9.96. The van der Waals surface area contributed by atoms with Crippen molar-refractivity contribution in [2.24, 2.45) is 5.92 Å². The van der Waals surface area contributed by atoms with Crippen molar-refractivity contribution in [3.05, 3.63) is 0 Å². The van der Waals surface area contributed by atoms with E-state index >= 15 is 0 Å². The molecule has 0 aliphatic heterocycles. The molecule has 0 saturated carbocycles. The first-order valence-corrected chi connectivity index (χ1v) is 22.7. The Hall–Kier alpha value is -0.990. The van der Waals surface area contributed by atoms with Gasteiger partial charge in [0.2, 0.25) is 0 Å². The number of hydrogen-bond acceptors (Lipinski definition) is 7. The molecule has 9 nitrogen and oxygen atoms in total. The van der Waals surface area contributed by atoms with Gasteiger partial charge in [0.25, 0.3) is 0 Å². The highest BCUT2D eigenvalue weighted by molar-refractivity contribution is 7.47. The summed E-state index contributed by atoms with van der Waals surface area (Å²) in [7, 11) is 1.49. The van der Waals surface area contributed by atoms with Crippen molar-refractivity contribution in [2.75, 3.05) is 47.5 Å². The Morgan fingerprint density at radius 2 is 1.00 bits per heavy atom. The maximum atomic E-state index is 12.6. The topological polar surface area (TPSA) is 108 Å². The zero-order valence-electron chi connectivity index (χ0n) is 34.3. The number of phosphoric ester groups is 1. The molecule has 0 saturated heterocycles. The van der Waals surface area contributed by atoms with Crippen molar-refractivity contribution < 1.29 is 42.1 Å². The van der Waals surface area contributed by atoms with E-state index in [2.05, 4.69) is 20.8 Å². The van der Waals surface area contributed by atoms with Crippen LogP contribution >= 0.6 is 7.82 Å². The molecule has 0 spiro atoms. The fourth-order valence-corrected chi connectivity index (χ4v) is 6.83. The predicted octanol–water partition coefficient (Wildman–Crippen LogP) is 11.5. The van der Waals surface area contributed by atoms with Crippen molar-refractivity contribution in [3.8, 4) is 0 Å². The van der Waals surface area contributed by atoms with Gasteiger partial charge >= 0.3 is 19.8 Å². The summed E-state index contributed by atoms with van der Waals surface area (Å²) in [6.07, 6.45) is 29.9. The first kappa shape index (κ1) is 50.0. The average Bonchev–Trinajstić information content (AvgIpc) is 3.07. The summed E-state index contributed by atoms with van der Waals surface area (Å²) in [5.41, 5.74) is 0. The molecule has 0 heterocycles. The van der Waals surface area contributed by atoms with Crippen LogP contribution in [-0.4, -0.2) is 74.9 Å². The van der Waals surface area contributed by atoms with Gasteiger partial charge in [0.05, 0.1) is 27.7 Å². The van der Waals surface area contributed by atoms with Gasteiger partial charge in [-0.2, -0.15) is 0 Å². The number of carbonyl (C=O) groups is 2. The molecule has 1 unspecified atom stereocenters. The standard InChI is InChI=1S/C41H82NO8P/c1-7-9-11-13-14-15-16-17-18-19-20-25-29-33-41(44)50-39(37-49-51(45,46)48-35-34-42(4,5)6)36-47-40(43)32-28-24-22-21-23-27-31-38(3)30-26-12-10-8-2/h38-39H,7-37H2,1-6H3/p+1/t38-,39+/m0/s1. The summed E-state index contributed by atoms with van der Waals surface area (Å²) in [5.74, 6) is 0.0251. The number of esters is 2. The van der Waals surface area contributed by atoms with Crippen LogP contribution < -0.4 is 0 Å². The van der Waals surface area contributed by atoms with E-state index < -0.39 is 26.5 Å². The Labute approximate surface area is 314 Å². The lowest BCUT2D eigenvalue weighted by Crippen LogP contribution is -2.37. The number of carbonyl (C=O) groups excluding carboxylic acids is 2. The van der Waals surface area contributed by atoms with Crippen LogP contribution in [0.5, 0.6) is 0 Å². The average molecular weight is 749 g/mol. The molecule has 0 aromatic heterocycles. The molecule has 0 rings (SSSR count). The summed E-state index contributed by atoms with van der Waals surface area (Å²) < 4.78 is 34.3. The molecule has 51 heavy (non-hydrogen) atoms. The second kappa shape index (κ2) is 33.6.